The summed E-state index contributed by atoms with van der Waals surface area (Å²) < 4.78 is 11.1. The standard InChI is InChI=1S/C19H22O4S/c1-4-5-13(2)24-14(3)16-8-17(19(20)21)10-18(9-16)23-12-15-6-7-22-11-15/h4-5,8-10,15H,1,3,6-7,11-12H2,2H3,(H,20,21)/b13-5-/t15-/m0/s1. The van der Waals surface area contributed by atoms with Gasteiger partial charge in [-0.25, -0.2) is 4.79 Å². The molecule has 1 heterocycles. The van der Waals surface area contributed by atoms with E-state index in [0.717, 1.165) is 28.4 Å². The fourth-order valence-electron chi connectivity index (χ4n) is 2.35. The lowest BCUT2D eigenvalue weighted by atomic mass is 10.1. The van der Waals surface area contributed by atoms with Crippen LogP contribution in [0.5, 0.6) is 5.75 Å². The second kappa shape index (κ2) is 8.76. The fraction of sp³-hybridized carbons (Fsp3) is 0.316. The van der Waals surface area contributed by atoms with Crippen LogP contribution in [0.15, 0.2) is 48.4 Å². The monoisotopic (exact) mass is 346 g/mol. The lowest BCUT2D eigenvalue weighted by molar-refractivity contribution is 0.0696. The van der Waals surface area contributed by atoms with Gasteiger partial charge in [-0.3, -0.25) is 0 Å². The smallest absolute Gasteiger partial charge is 0.335 e. The Morgan fingerprint density at radius 1 is 1.46 bits per heavy atom. The Labute approximate surface area is 146 Å². The van der Waals surface area contributed by atoms with Gasteiger partial charge in [0.25, 0.3) is 0 Å². The first kappa shape index (κ1) is 18.4. The van der Waals surface area contributed by atoms with Gasteiger partial charge in [0.2, 0.25) is 0 Å². The first-order valence-corrected chi connectivity index (χ1v) is 8.56. The molecule has 1 aliphatic rings. The molecule has 2 rings (SSSR count). The van der Waals surface area contributed by atoms with E-state index in [9.17, 15) is 9.90 Å². The Kier molecular flexibility index (Phi) is 6.70. The van der Waals surface area contributed by atoms with E-state index in [1.165, 1.54) is 11.8 Å². The Bertz CT molecular complexity index is 657. The number of hydrogen-bond acceptors (Lipinski definition) is 4. The molecule has 0 amide bonds. The third-order valence-corrected chi connectivity index (χ3v) is 4.56. The van der Waals surface area contributed by atoms with Crippen molar-refractivity contribution in [2.75, 3.05) is 19.8 Å². The van der Waals surface area contributed by atoms with Crippen molar-refractivity contribution in [2.24, 2.45) is 5.92 Å². The van der Waals surface area contributed by atoms with Crippen LogP contribution in [0, 0.1) is 5.92 Å². The summed E-state index contributed by atoms with van der Waals surface area (Å²) in [7, 11) is 0. The van der Waals surface area contributed by atoms with E-state index in [2.05, 4.69) is 13.2 Å². The summed E-state index contributed by atoms with van der Waals surface area (Å²) in [4.78, 5) is 13.2. The van der Waals surface area contributed by atoms with E-state index < -0.39 is 5.97 Å². The molecule has 0 spiro atoms. The van der Waals surface area contributed by atoms with Crippen LogP contribution in [0.25, 0.3) is 4.91 Å². The zero-order valence-corrected chi connectivity index (χ0v) is 14.6. The summed E-state index contributed by atoms with van der Waals surface area (Å²) in [6.45, 7) is 11.6. The molecule has 0 saturated carbocycles. The predicted molar refractivity (Wildman–Crippen MR) is 98.4 cm³/mol. The van der Waals surface area contributed by atoms with Crippen LogP contribution in [0.3, 0.4) is 0 Å². The number of hydrogen-bond donors (Lipinski definition) is 1. The van der Waals surface area contributed by atoms with E-state index in [-0.39, 0.29) is 5.56 Å². The third kappa shape index (κ3) is 5.28. The van der Waals surface area contributed by atoms with Gasteiger partial charge in [-0.2, -0.15) is 0 Å². The molecule has 0 aromatic heterocycles. The Morgan fingerprint density at radius 2 is 2.21 bits per heavy atom. The molecule has 1 aliphatic heterocycles. The molecule has 4 nitrogen and oxygen atoms in total. The zero-order valence-electron chi connectivity index (χ0n) is 13.8. The molecule has 128 valence electrons. The van der Waals surface area contributed by atoms with Gasteiger partial charge < -0.3 is 14.6 Å². The molecule has 1 fully saturated rings. The largest absolute Gasteiger partial charge is 0.493 e. The number of thioether (sulfide) groups is 1. The van der Waals surface area contributed by atoms with E-state index in [0.29, 0.717) is 24.9 Å². The number of carbonyl (C=O) groups is 1. The Balaban J connectivity index is 2.16. The molecule has 1 atom stereocenters. The molecular weight excluding hydrogens is 324 g/mol. The number of ether oxygens (including phenoxy) is 2. The molecular formula is C19H22O4S. The van der Waals surface area contributed by atoms with Gasteiger partial charge >= 0.3 is 5.97 Å². The van der Waals surface area contributed by atoms with Crippen molar-refractivity contribution in [3.63, 3.8) is 0 Å². The fourth-order valence-corrected chi connectivity index (χ4v) is 3.14. The highest BCUT2D eigenvalue weighted by atomic mass is 32.2. The summed E-state index contributed by atoms with van der Waals surface area (Å²) in [6.07, 6.45) is 4.56. The number of allylic oxidation sites excluding steroid dienone is 3. The van der Waals surface area contributed by atoms with Crippen molar-refractivity contribution in [1.82, 2.24) is 0 Å². The minimum absolute atomic E-state index is 0.192. The summed E-state index contributed by atoms with van der Waals surface area (Å²) in [5.74, 6) is -0.0803. The molecule has 1 N–H and O–H groups in total. The average Bonchev–Trinajstić information content (AvgIpc) is 3.06. The lowest BCUT2D eigenvalue weighted by Gasteiger charge is -2.13. The molecule has 5 heteroatoms. The van der Waals surface area contributed by atoms with Crippen LogP contribution in [0.1, 0.15) is 29.3 Å². The number of benzene rings is 1. The Hall–Kier alpha value is -1.98. The molecule has 0 unspecified atom stereocenters. The van der Waals surface area contributed by atoms with Gasteiger partial charge in [0.05, 0.1) is 18.8 Å². The highest BCUT2D eigenvalue weighted by Crippen LogP contribution is 2.34. The van der Waals surface area contributed by atoms with Crippen LogP contribution >= 0.6 is 11.8 Å². The molecule has 24 heavy (non-hydrogen) atoms. The van der Waals surface area contributed by atoms with Crippen molar-refractivity contribution in [2.45, 2.75) is 13.3 Å². The maximum absolute atomic E-state index is 11.4. The van der Waals surface area contributed by atoms with Crippen molar-refractivity contribution < 1.29 is 19.4 Å². The van der Waals surface area contributed by atoms with Crippen molar-refractivity contribution in [1.29, 1.82) is 0 Å². The highest BCUT2D eigenvalue weighted by Gasteiger charge is 2.17. The summed E-state index contributed by atoms with van der Waals surface area (Å²) in [6, 6.07) is 5.00. The van der Waals surface area contributed by atoms with Gasteiger partial charge in [0.15, 0.2) is 0 Å². The van der Waals surface area contributed by atoms with Crippen LogP contribution in [0.2, 0.25) is 0 Å². The van der Waals surface area contributed by atoms with E-state index in [1.54, 1.807) is 18.2 Å². The van der Waals surface area contributed by atoms with E-state index in [1.807, 2.05) is 19.1 Å². The van der Waals surface area contributed by atoms with Gasteiger partial charge in [-0.05, 0) is 42.0 Å². The number of carboxylic acids is 1. The van der Waals surface area contributed by atoms with Gasteiger partial charge in [0.1, 0.15) is 5.75 Å². The quantitative estimate of drug-likeness (QED) is 0.698. The van der Waals surface area contributed by atoms with Gasteiger partial charge in [-0.15, -0.1) is 0 Å². The molecule has 1 saturated heterocycles. The molecule has 0 radical (unpaired) electrons. The number of rotatable bonds is 8. The normalized spacial score (nSPS) is 17.5. The third-order valence-electron chi connectivity index (χ3n) is 3.62. The summed E-state index contributed by atoms with van der Waals surface area (Å²) in [5.41, 5.74) is 0.937. The minimum Gasteiger partial charge on any atom is -0.493 e. The Morgan fingerprint density at radius 3 is 2.83 bits per heavy atom. The topological polar surface area (TPSA) is 55.8 Å². The van der Waals surface area contributed by atoms with Crippen molar-refractivity contribution >= 4 is 22.6 Å². The van der Waals surface area contributed by atoms with Crippen molar-refractivity contribution in [3.8, 4) is 5.75 Å². The summed E-state index contributed by atoms with van der Waals surface area (Å²) >= 11 is 1.48. The second-order valence-corrected chi connectivity index (χ2v) is 6.97. The lowest BCUT2D eigenvalue weighted by Crippen LogP contribution is -2.12. The second-order valence-electron chi connectivity index (χ2n) is 5.63. The SMILES string of the molecule is C=C/C=C(/C)SC(=C)c1cc(OC[C@H]2CCOC2)cc(C(=O)O)c1. The molecule has 0 bridgehead atoms. The van der Waals surface area contributed by atoms with Gasteiger partial charge in [0, 0.05) is 17.4 Å². The molecule has 0 aliphatic carbocycles. The number of carboxylic acid groups (broad SMARTS) is 1. The average molecular weight is 346 g/mol. The van der Waals surface area contributed by atoms with E-state index in [4.69, 9.17) is 9.47 Å². The number of aromatic carboxylic acids is 1. The van der Waals surface area contributed by atoms with Crippen LogP contribution in [-0.2, 0) is 4.74 Å². The van der Waals surface area contributed by atoms with Gasteiger partial charge in [-0.1, -0.05) is 37.1 Å². The first-order chi connectivity index (χ1) is 11.5. The molecule has 1 aromatic carbocycles. The summed E-state index contributed by atoms with van der Waals surface area (Å²) in [5, 5.41) is 9.32. The maximum Gasteiger partial charge on any atom is 0.335 e. The molecule has 1 aromatic rings. The van der Waals surface area contributed by atoms with E-state index >= 15 is 0 Å². The van der Waals surface area contributed by atoms with Crippen LogP contribution in [0.4, 0.5) is 0 Å². The minimum atomic E-state index is -0.984. The maximum atomic E-state index is 11.4. The van der Waals surface area contributed by atoms with Crippen molar-refractivity contribution in [3.05, 3.63) is 59.5 Å². The zero-order chi connectivity index (χ0) is 17.5. The highest BCUT2D eigenvalue weighted by molar-refractivity contribution is 8.11. The van der Waals surface area contributed by atoms with Crippen LogP contribution in [-0.4, -0.2) is 30.9 Å². The predicted octanol–water partition coefficient (Wildman–Crippen LogP) is 4.59. The first-order valence-electron chi connectivity index (χ1n) is 7.75. The van der Waals surface area contributed by atoms with Crippen LogP contribution < -0.4 is 4.74 Å².